The Balaban J connectivity index is 1.69. The zero-order valence-electron chi connectivity index (χ0n) is 11.6. The molecule has 6 nitrogen and oxygen atoms in total. The van der Waals surface area contributed by atoms with Gasteiger partial charge in [0.05, 0.1) is 5.69 Å². The third-order valence-electron chi connectivity index (χ3n) is 3.18. The molecule has 3 heterocycles. The van der Waals surface area contributed by atoms with Crippen molar-refractivity contribution in [2.45, 2.75) is 0 Å². The van der Waals surface area contributed by atoms with Crippen LogP contribution in [-0.2, 0) is 0 Å². The lowest BCUT2D eigenvalue weighted by atomic mass is 10.3. The first-order chi connectivity index (χ1) is 10.9. The normalized spacial score (nSPS) is 10.7. The van der Waals surface area contributed by atoms with Crippen LogP contribution < -0.4 is 5.32 Å². The predicted octanol–water partition coefficient (Wildman–Crippen LogP) is 2.93. The van der Waals surface area contributed by atoms with Gasteiger partial charge in [-0.2, -0.15) is 0 Å². The highest BCUT2D eigenvalue weighted by Crippen LogP contribution is 2.18. The zero-order valence-corrected chi connectivity index (χ0v) is 11.6. The summed E-state index contributed by atoms with van der Waals surface area (Å²) in [6.45, 7) is 0. The van der Waals surface area contributed by atoms with Crippen LogP contribution in [-0.4, -0.2) is 24.3 Å². The smallest absolute Gasteiger partial charge is 0.234 e. The van der Waals surface area contributed by atoms with Crippen LogP contribution in [0.25, 0.3) is 17.2 Å². The Morgan fingerprint density at radius 1 is 0.818 bits per heavy atom. The lowest BCUT2D eigenvalue weighted by Crippen LogP contribution is -1.97. The lowest BCUT2D eigenvalue weighted by Gasteiger charge is -2.04. The van der Waals surface area contributed by atoms with Crippen molar-refractivity contribution >= 4 is 17.4 Å². The summed E-state index contributed by atoms with van der Waals surface area (Å²) < 4.78 is 1.86. The van der Waals surface area contributed by atoms with E-state index in [-0.39, 0.29) is 0 Å². The molecule has 106 valence electrons. The molecule has 0 aliphatic heterocycles. The van der Waals surface area contributed by atoms with Gasteiger partial charge in [0.25, 0.3) is 0 Å². The first-order valence-corrected chi connectivity index (χ1v) is 6.84. The van der Waals surface area contributed by atoms with Crippen molar-refractivity contribution < 1.29 is 0 Å². The Hall–Kier alpha value is -3.28. The fourth-order valence-corrected chi connectivity index (χ4v) is 2.17. The molecule has 22 heavy (non-hydrogen) atoms. The maximum absolute atomic E-state index is 4.51. The van der Waals surface area contributed by atoms with E-state index in [0.717, 1.165) is 17.1 Å². The molecule has 0 saturated heterocycles. The molecule has 0 amide bonds. The Kier molecular flexibility index (Phi) is 2.97. The third-order valence-corrected chi connectivity index (χ3v) is 3.18. The highest BCUT2D eigenvalue weighted by atomic mass is 15.1. The van der Waals surface area contributed by atoms with Gasteiger partial charge in [0.15, 0.2) is 0 Å². The van der Waals surface area contributed by atoms with Crippen LogP contribution in [0, 0.1) is 0 Å². The largest absolute Gasteiger partial charge is 0.324 e. The Morgan fingerprint density at radius 3 is 2.59 bits per heavy atom. The van der Waals surface area contributed by atoms with E-state index < -0.39 is 0 Å². The monoisotopic (exact) mass is 288 g/mol. The molecule has 0 saturated carbocycles. The van der Waals surface area contributed by atoms with E-state index in [9.17, 15) is 0 Å². The number of anilines is 2. The van der Waals surface area contributed by atoms with Crippen LogP contribution >= 0.6 is 0 Å². The highest BCUT2D eigenvalue weighted by Gasteiger charge is 2.07. The molecule has 0 radical (unpaired) electrons. The Labute approximate surface area is 126 Å². The van der Waals surface area contributed by atoms with Gasteiger partial charge in [0.1, 0.15) is 5.69 Å². The van der Waals surface area contributed by atoms with Crippen LogP contribution in [0.5, 0.6) is 0 Å². The SMILES string of the molecule is c1ccc(Nc2nccc(-c3cn4cccnc4n3)n2)cc1. The van der Waals surface area contributed by atoms with Gasteiger partial charge < -0.3 is 5.32 Å². The van der Waals surface area contributed by atoms with Crippen molar-refractivity contribution in [2.75, 3.05) is 5.32 Å². The van der Waals surface area contributed by atoms with E-state index in [0.29, 0.717) is 11.7 Å². The second-order valence-corrected chi connectivity index (χ2v) is 4.71. The minimum Gasteiger partial charge on any atom is -0.324 e. The summed E-state index contributed by atoms with van der Waals surface area (Å²) in [7, 11) is 0. The molecule has 0 aliphatic rings. The van der Waals surface area contributed by atoms with Crippen LogP contribution in [0.15, 0.2) is 67.3 Å². The lowest BCUT2D eigenvalue weighted by molar-refractivity contribution is 1.11. The number of nitrogens with zero attached hydrogens (tertiary/aromatic N) is 5. The molecule has 0 aliphatic carbocycles. The maximum atomic E-state index is 4.51. The van der Waals surface area contributed by atoms with Gasteiger partial charge >= 0.3 is 0 Å². The molecule has 0 fully saturated rings. The highest BCUT2D eigenvalue weighted by molar-refractivity contribution is 5.60. The summed E-state index contributed by atoms with van der Waals surface area (Å²) in [5, 5.41) is 3.18. The van der Waals surface area contributed by atoms with Crippen molar-refractivity contribution in [3.8, 4) is 11.4 Å². The number of imidazole rings is 1. The first-order valence-electron chi connectivity index (χ1n) is 6.84. The quantitative estimate of drug-likeness (QED) is 0.627. The Bertz CT molecular complexity index is 883. The van der Waals surface area contributed by atoms with Gasteiger partial charge in [-0.1, -0.05) is 18.2 Å². The average Bonchev–Trinajstić information content (AvgIpc) is 3.00. The zero-order chi connectivity index (χ0) is 14.8. The summed E-state index contributed by atoms with van der Waals surface area (Å²) in [5.74, 6) is 1.18. The van der Waals surface area contributed by atoms with Crippen molar-refractivity contribution in [3.63, 3.8) is 0 Å². The Morgan fingerprint density at radius 2 is 1.73 bits per heavy atom. The summed E-state index contributed by atoms with van der Waals surface area (Å²) in [5.41, 5.74) is 2.45. The minimum absolute atomic E-state index is 0.536. The van der Waals surface area contributed by atoms with Crippen molar-refractivity contribution in [2.24, 2.45) is 0 Å². The molecule has 1 N–H and O–H groups in total. The summed E-state index contributed by atoms with van der Waals surface area (Å²) in [4.78, 5) is 17.4. The molecular formula is C16H12N6. The van der Waals surface area contributed by atoms with Gasteiger partial charge in [-0.3, -0.25) is 4.40 Å². The van der Waals surface area contributed by atoms with Crippen molar-refractivity contribution in [1.29, 1.82) is 0 Å². The van der Waals surface area contributed by atoms with Crippen LogP contribution in [0.1, 0.15) is 0 Å². The molecule has 1 aromatic carbocycles. The van der Waals surface area contributed by atoms with Gasteiger partial charge in [-0.25, -0.2) is 19.9 Å². The fraction of sp³-hybridized carbons (Fsp3) is 0. The number of hydrogen-bond donors (Lipinski definition) is 1. The number of benzene rings is 1. The summed E-state index contributed by atoms with van der Waals surface area (Å²) in [6, 6.07) is 13.5. The first kappa shape index (κ1) is 12.5. The molecule has 0 bridgehead atoms. The fourth-order valence-electron chi connectivity index (χ4n) is 2.17. The second kappa shape index (κ2) is 5.25. The second-order valence-electron chi connectivity index (χ2n) is 4.71. The van der Waals surface area contributed by atoms with Gasteiger partial charge in [-0.05, 0) is 24.3 Å². The number of nitrogens with one attached hydrogen (secondary N) is 1. The summed E-state index contributed by atoms with van der Waals surface area (Å²) in [6.07, 6.45) is 7.24. The molecule has 0 atom stereocenters. The average molecular weight is 288 g/mol. The van der Waals surface area contributed by atoms with Crippen LogP contribution in [0.4, 0.5) is 11.6 Å². The number of aromatic nitrogens is 5. The third kappa shape index (κ3) is 2.37. The van der Waals surface area contributed by atoms with Gasteiger partial charge in [0.2, 0.25) is 11.7 Å². The topological polar surface area (TPSA) is 68.0 Å². The van der Waals surface area contributed by atoms with E-state index in [2.05, 4.69) is 25.3 Å². The molecule has 4 aromatic rings. The number of hydrogen-bond acceptors (Lipinski definition) is 5. The standard InChI is InChI=1S/C16H12N6/c1-2-5-12(6-3-1)19-15-17-9-7-13(20-15)14-11-22-10-4-8-18-16(22)21-14/h1-11H,(H,17,19,20). The summed E-state index contributed by atoms with van der Waals surface area (Å²) >= 11 is 0. The molecule has 0 unspecified atom stereocenters. The molecule has 6 heteroatoms. The number of rotatable bonds is 3. The molecule has 0 spiro atoms. The van der Waals surface area contributed by atoms with E-state index >= 15 is 0 Å². The predicted molar refractivity (Wildman–Crippen MR) is 83.7 cm³/mol. The van der Waals surface area contributed by atoms with Gasteiger partial charge in [0, 0.05) is 30.5 Å². The van der Waals surface area contributed by atoms with E-state index in [4.69, 9.17) is 0 Å². The van der Waals surface area contributed by atoms with Crippen LogP contribution in [0.2, 0.25) is 0 Å². The number of fused-ring (bicyclic) bond motifs is 1. The van der Waals surface area contributed by atoms with Crippen molar-refractivity contribution in [3.05, 3.63) is 67.3 Å². The van der Waals surface area contributed by atoms with E-state index in [1.54, 1.807) is 12.4 Å². The van der Waals surface area contributed by atoms with Crippen LogP contribution in [0.3, 0.4) is 0 Å². The molecule has 4 rings (SSSR count). The molecule has 3 aromatic heterocycles. The van der Waals surface area contributed by atoms with Gasteiger partial charge in [-0.15, -0.1) is 0 Å². The van der Waals surface area contributed by atoms with E-state index in [1.807, 2.05) is 59.3 Å². The minimum atomic E-state index is 0.536. The molecular weight excluding hydrogens is 276 g/mol. The maximum Gasteiger partial charge on any atom is 0.234 e. The number of para-hydroxylation sites is 1. The van der Waals surface area contributed by atoms with E-state index in [1.165, 1.54) is 0 Å². The van der Waals surface area contributed by atoms with Crippen molar-refractivity contribution in [1.82, 2.24) is 24.3 Å².